The molecule has 0 N–H and O–H groups in total. The number of carbonyl (C=O) groups is 1. The predicted octanol–water partition coefficient (Wildman–Crippen LogP) is 2.59. The van der Waals surface area contributed by atoms with Crippen molar-refractivity contribution in [3.05, 3.63) is 35.1 Å². The predicted molar refractivity (Wildman–Crippen MR) is 62.3 cm³/mol. The molecular weight excluding hydrogens is 278 g/mol. The van der Waals surface area contributed by atoms with Crippen LogP contribution in [0.2, 0.25) is 0 Å². The Morgan fingerprint density at radius 3 is 2.65 bits per heavy atom. The summed E-state index contributed by atoms with van der Waals surface area (Å²) in [5, 5.41) is 0. The van der Waals surface area contributed by atoms with Gasteiger partial charge >= 0.3 is 6.18 Å². The third-order valence-corrected chi connectivity index (χ3v) is 2.98. The second-order valence-corrected chi connectivity index (χ2v) is 4.52. The summed E-state index contributed by atoms with van der Waals surface area (Å²) in [6, 6.07) is 2.31. The van der Waals surface area contributed by atoms with E-state index in [9.17, 15) is 22.4 Å². The van der Waals surface area contributed by atoms with Crippen molar-refractivity contribution in [3.8, 4) is 0 Å². The SMILES string of the molecule is O=C1CCOCCN1Cc1cc(F)cc(C(F)(F)F)c1. The van der Waals surface area contributed by atoms with E-state index in [0.717, 1.165) is 12.1 Å². The Bertz CT molecular complexity index is 502. The fourth-order valence-electron chi connectivity index (χ4n) is 2.01. The van der Waals surface area contributed by atoms with Gasteiger partial charge in [-0.3, -0.25) is 4.79 Å². The number of halogens is 4. The lowest BCUT2D eigenvalue weighted by Gasteiger charge is -2.20. The Hall–Kier alpha value is -1.63. The highest BCUT2D eigenvalue weighted by molar-refractivity contribution is 5.76. The van der Waals surface area contributed by atoms with E-state index in [1.165, 1.54) is 4.90 Å². The lowest BCUT2D eigenvalue weighted by atomic mass is 10.1. The van der Waals surface area contributed by atoms with Gasteiger partial charge in [-0.05, 0) is 23.8 Å². The first-order chi connectivity index (χ1) is 9.36. The standard InChI is InChI=1S/C13H13F4NO2/c14-11-6-9(5-10(7-11)13(15,16)17)8-18-2-4-20-3-1-12(18)19/h5-7H,1-4,8H2. The summed E-state index contributed by atoms with van der Waals surface area (Å²) in [4.78, 5) is 13.1. The van der Waals surface area contributed by atoms with Gasteiger partial charge in [0.05, 0.1) is 25.2 Å². The highest BCUT2D eigenvalue weighted by atomic mass is 19.4. The summed E-state index contributed by atoms with van der Waals surface area (Å²) in [6.45, 7) is 0.860. The van der Waals surface area contributed by atoms with Crippen LogP contribution in [0.1, 0.15) is 17.5 Å². The summed E-state index contributed by atoms with van der Waals surface area (Å²) in [6.07, 6.45) is -4.43. The number of benzene rings is 1. The molecule has 0 aromatic heterocycles. The number of carbonyl (C=O) groups excluding carboxylic acids is 1. The Balaban J connectivity index is 2.20. The zero-order chi connectivity index (χ0) is 14.8. The Morgan fingerprint density at radius 2 is 1.95 bits per heavy atom. The minimum absolute atomic E-state index is 0.0525. The van der Waals surface area contributed by atoms with Gasteiger partial charge in [0.25, 0.3) is 0 Å². The zero-order valence-electron chi connectivity index (χ0n) is 10.5. The molecule has 1 fully saturated rings. The molecule has 3 nitrogen and oxygen atoms in total. The molecule has 1 amide bonds. The topological polar surface area (TPSA) is 29.5 Å². The molecule has 1 saturated heterocycles. The minimum Gasteiger partial charge on any atom is -0.379 e. The van der Waals surface area contributed by atoms with E-state index in [2.05, 4.69) is 0 Å². The maximum atomic E-state index is 13.3. The Labute approximate surface area is 113 Å². The number of alkyl halides is 3. The summed E-state index contributed by atoms with van der Waals surface area (Å²) in [7, 11) is 0. The molecular formula is C13H13F4NO2. The quantitative estimate of drug-likeness (QED) is 0.784. The monoisotopic (exact) mass is 291 g/mol. The number of hydrogen-bond acceptors (Lipinski definition) is 2. The van der Waals surface area contributed by atoms with Crippen molar-refractivity contribution >= 4 is 5.91 Å². The van der Waals surface area contributed by atoms with Gasteiger partial charge in [-0.2, -0.15) is 13.2 Å². The van der Waals surface area contributed by atoms with Gasteiger partial charge in [-0.1, -0.05) is 0 Å². The first-order valence-electron chi connectivity index (χ1n) is 6.08. The van der Waals surface area contributed by atoms with E-state index >= 15 is 0 Å². The molecule has 0 radical (unpaired) electrons. The maximum absolute atomic E-state index is 13.3. The molecule has 2 rings (SSSR count). The number of ether oxygens (including phenoxy) is 1. The molecule has 1 aliphatic heterocycles. The van der Waals surface area contributed by atoms with Crippen molar-refractivity contribution in [1.29, 1.82) is 0 Å². The zero-order valence-corrected chi connectivity index (χ0v) is 10.5. The van der Waals surface area contributed by atoms with Crippen LogP contribution >= 0.6 is 0 Å². The lowest BCUT2D eigenvalue weighted by Crippen LogP contribution is -2.31. The first-order valence-corrected chi connectivity index (χ1v) is 6.08. The van der Waals surface area contributed by atoms with Gasteiger partial charge in [-0.15, -0.1) is 0 Å². The highest BCUT2D eigenvalue weighted by Gasteiger charge is 2.31. The molecule has 0 saturated carbocycles. The molecule has 1 aliphatic rings. The van der Waals surface area contributed by atoms with Crippen molar-refractivity contribution < 1.29 is 27.1 Å². The van der Waals surface area contributed by atoms with E-state index in [1.807, 2.05) is 0 Å². The summed E-state index contributed by atoms with van der Waals surface area (Å²) in [5.74, 6) is -1.17. The molecule has 110 valence electrons. The summed E-state index contributed by atoms with van der Waals surface area (Å²) in [5.41, 5.74) is -0.932. The molecule has 0 spiro atoms. The first kappa shape index (κ1) is 14.8. The van der Waals surface area contributed by atoms with Crippen LogP contribution in [0.15, 0.2) is 18.2 Å². The van der Waals surface area contributed by atoms with Crippen LogP contribution in [-0.4, -0.2) is 30.6 Å². The Morgan fingerprint density at radius 1 is 1.20 bits per heavy atom. The highest BCUT2D eigenvalue weighted by Crippen LogP contribution is 2.30. The maximum Gasteiger partial charge on any atom is 0.416 e. The van der Waals surface area contributed by atoms with E-state index in [1.54, 1.807) is 0 Å². The van der Waals surface area contributed by atoms with Crippen LogP contribution < -0.4 is 0 Å². The van der Waals surface area contributed by atoms with Gasteiger partial charge in [-0.25, -0.2) is 4.39 Å². The number of amides is 1. The van der Waals surface area contributed by atoms with Gasteiger partial charge < -0.3 is 9.64 Å². The van der Waals surface area contributed by atoms with Gasteiger partial charge in [0.2, 0.25) is 5.91 Å². The molecule has 1 aromatic carbocycles. The minimum atomic E-state index is -4.61. The summed E-state index contributed by atoms with van der Waals surface area (Å²) >= 11 is 0. The van der Waals surface area contributed by atoms with Crippen LogP contribution in [0.4, 0.5) is 17.6 Å². The number of hydrogen-bond donors (Lipinski definition) is 0. The van der Waals surface area contributed by atoms with Gasteiger partial charge in [0.15, 0.2) is 0 Å². The average Bonchev–Trinajstić information content (AvgIpc) is 2.53. The molecule has 7 heteroatoms. The Kier molecular flexibility index (Phi) is 4.27. The van der Waals surface area contributed by atoms with Crippen LogP contribution in [0.25, 0.3) is 0 Å². The molecule has 0 unspecified atom stereocenters. The van der Waals surface area contributed by atoms with Crippen molar-refractivity contribution in [2.24, 2.45) is 0 Å². The van der Waals surface area contributed by atoms with Gasteiger partial charge in [0.1, 0.15) is 5.82 Å². The average molecular weight is 291 g/mol. The van der Waals surface area contributed by atoms with E-state index in [4.69, 9.17) is 4.74 Å². The van der Waals surface area contributed by atoms with E-state index < -0.39 is 17.6 Å². The van der Waals surface area contributed by atoms with Crippen LogP contribution in [-0.2, 0) is 22.3 Å². The van der Waals surface area contributed by atoms with Crippen molar-refractivity contribution in [2.75, 3.05) is 19.8 Å². The van der Waals surface area contributed by atoms with E-state index in [-0.39, 0.29) is 31.0 Å². The smallest absolute Gasteiger partial charge is 0.379 e. The van der Waals surface area contributed by atoms with Crippen molar-refractivity contribution in [1.82, 2.24) is 4.90 Å². The van der Waals surface area contributed by atoms with Crippen molar-refractivity contribution in [3.63, 3.8) is 0 Å². The van der Waals surface area contributed by atoms with Crippen LogP contribution in [0.5, 0.6) is 0 Å². The molecule has 1 heterocycles. The van der Waals surface area contributed by atoms with Crippen LogP contribution in [0, 0.1) is 5.82 Å². The number of nitrogens with zero attached hydrogens (tertiary/aromatic N) is 1. The molecule has 20 heavy (non-hydrogen) atoms. The van der Waals surface area contributed by atoms with E-state index in [0.29, 0.717) is 19.3 Å². The fraction of sp³-hybridized carbons (Fsp3) is 0.462. The third-order valence-electron chi connectivity index (χ3n) is 2.98. The molecule has 0 atom stereocenters. The molecule has 1 aromatic rings. The molecule has 0 bridgehead atoms. The largest absolute Gasteiger partial charge is 0.416 e. The van der Waals surface area contributed by atoms with Crippen LogP contribution in [0.3, 0.4) is 0 Å². The fourth-order valence-corrected chi connectivity index (χ4v) is 2.01. The second-order valence-electron chi connectivity index (χ2n) is 4.52. The third kappa shape index (κ3) is 3.69. The lowest BCUT2D eigenvalue weighted by molar-refractivity contribution is -0.137. The second kappa shape index (κ2) is 5.78. The van der Waals surface area contributed by atoms with Gasteiger partial charge in [0, 0.05) is 13.1 Å². The summed E-state index contributed by atoms with van der Waals surface area (Å²) < 4.78 is 56.2. The normalized spacial score (nSPS) is 17.2. The van der Waals surface area contributed by atoms with Crippen molar-refractivity contribution in [2.45, 2.75) is 19.1 Å². The molecule has 0 aliphatic carbocycles. The number of rotatable bonds is 2.